The molecule has 3 heterocycles. The maximum absolute atomic E-state index is 13.8. The van der Waals surface area contributed by atoms with E-state index < -0.39 is 36.6 Å². The summed E-state index contributed by atoms with van der Waals surface area (Å²) in [5, 5.41) is 10.1. The van der Waals surface area contributed by atoms with Crippen LogP contribution in [-0.2, 0) is 25.6 Å². The molecule has 0 amide bonds. The number of unbranched alkanes of at least 4 members (excludes halogenated alkanes) is 2. The number of esters is 2. The van der Waals surface area contributed by atoms with Gasteiger partial charge in [0.25, 0.3) is 0 Å². The quantitative estimate of drug-likeness (QED) is 0.175. The van der Waals surface area contributed by atoms with Gasteiger partial charge in [-0.05, 0) is 12.5 Å². The highest BCUT2D eigenvalue weighted by Crippen LogP contribution is 2.40. The van der Waals surface area contributed by atoms with E-state index in [2.05, 4.69) is 20.9 Å². The third-order valence-corrected chi connectivity index (χ3v) is 6.35. The van der Waals surface area contributed by atoms with Crippen molar-refractivity contribution in [2.75, 3.05) is 12.3 Å². The Morgan fingerprint density at radius 2 is 2.13 bits per heavy atom. The number of carbonyl (C=O) groups excluding carboxylic acids is 2. The van der Waals surface area contributed by atoms with E-state index in [1.165, 1.54) is 17.0 Å². The number of nitrogens with two attached hydrogens (primary N) is 1. The van der Waals surface area contributed by atoms with Crippen molar-refractivity contribution in [3.05, 3.63) is 47.8 Å². The van der Waals surface area contributed by atoms with Crippen molar-refractivity contribution in [1.82, 2.24) is 19.5 Å². The maximum atomic E-state index is 13.8. The number of halogens is 1. The summed E-state index contributed by atoms with van der Waals surface area (Å²) in [7, 11) is 0. The van der Waals surface area contributed by atoms with Crippen LogP contribution in [0.15, 0.2) is 30.6 Å². The number of ether oxygens (including phenoxy) is 3. The number of aromatic nitrogens is 4. The number of imidazole rings is 1. The minimum Gasteiger partial charge on any atom is -0.461 e. The number of nitrogens with zero attached hydrogens (tertiary/aromatic N) is 4. The Hall–Kier alpha value is -4.08. The first-order chi connectivity index (χ1) is 18.3. The molecule has 0 bridgehead atoms. The zero-order valence-corrected chi connectivity index (χ0v) is 20.8. The molecule has 38 heavy (non-hydrogen) atoms. The lowest BCUT2D eigenvalue weighted by Crippen LogP contribution is -2.44. The summed E-state index contributed by atoms with van der Waals surface area (Å²) < 4.78 is 32.2. The number of nitrogen functional groups attached to an aromatic ring is 1. The molecule has 3 atom stereocenters. The van der Waals surface area contributed by atoms with Gasteiger partial charge in [0, 0.05) is 18.4 Å². The van der Waals surface area contributed by atoms with Gasteiger partial charge in [-0.1, -0.05) is 43.9 Å². The molecule has 0 saturated carbocycles. The van der Waals surface area contributed by atoms with Crippen LogP contribution in [0.3, 0.4) is 0 Å². The van der Waals surface area contributed by atoms with E-state index in [1.807, 2.05) is 6.92 Å². The Morgan fingerprint density at radius 3 is 2.87 bits per heavy atom. The van der Waals surface area contributed by atoms with Gasteiger partial charge in [0.2, 0.25) is 0 Å². The number of benzene rings is 1. The molecule has 12 heteroatoms. The average molecular weight is 526 g/mol. The summed E-state index contributed by atoms with van der Waals surface area (Å²) >= 11 is 0. The highest BCUT2D eigenvalue weighted by Gasteiger charge is 2.51. The molecule has 11 nitrogen and oxygen atoms in total. The second-order valence-corrected chi connectivity index (χ2v) is 8.87. The summed E-state index contributed by atoms with van der Waals surface area (Å²) in [6, 6.07) is 6.55. The smallest absolute Gasteiger partial charge is 0.338 e. The Bertz CT molecular complexity index is 1370. The SMILES string of the molecule is C#C[C@]1(CO)O[C@@H](n2cnc3c(N)nc(F)nc32)C[C@@H]1OC(=O)c1ccccc1COC(=O)CCCCC. The van der Waals surface area contributed by atoms with Crippen LogP contribution < -0.4 is 5.73 Å². The molecule has 1 fully saturated rings. The highest BCUT2D eigenvalue weighted by atomic mass is 19.1. The monoisotopic (exact) mass is 525 g/mol. The number of hydrogen-bond acceptors (Lipinski definition) is 10. The van der Waals surface area contributed by atoms with Gasteiger partial charge >= 0.3 is 18.0 Å². The lowest BCUT2D eigenvalue weighted by atomic mass is 9.98. The standard InChI is InChI=1S/C26H28FN5O6/c1-3-5-6-11-20(34)36-13-16-9-7-8-10-17(16)24(35)37-18-12-19(38-26(18,4-2)14-33)32-15-29-21-22(28)30-25(27)31-23(21)32/h2,7-10,15,18-19,33H,3,5-6,11-14H2,1H3,(H2,28,30,31)/t18-,19+,26+/m0/s1. The fourth-order valence-electron chi connectivity index (χ4n) is 4.27. The predicted molar refractivity (Wildman–Crippen MR) is 133 cm³/mol. The Kier molecular flexibility index (Phi) is 8.19. The van der Waals surface area contributed by atoms with Gasteiger partial charge in [-0.3, -0.25) is 9.36 Å². The molecule has 0 aliphatic carbocycles. The molecule has 3 aromatic rings. The Balaban J connectivity index is 1.52. The summed E-state index contributed by atoms with van der Waals surface area (Å²) in [6.45, 7) is 1.28. The van der Waals surface area contributed by atoms with Crippen molar-refractivity contribution in [1.29, 1.82) is 0 Å². The topological polar surface area (TPSA) is 152 Å². The third kappa shape index (κ3) is 5.44. The number of anilines is 1. The Morgan fingerprint density at radius 1 is 1.34 bits per heavy atom. The highest BCUT2D eigenvalue weighted by molar-refractivity contribution is 5.91. The molecule has 0 unspecified atom stereocenters. The molecule has 0 spiro atoms. The van der Waals surface area contributed by atoms with Crippen molar-refractivity contribution >= 4 is 28.9 Å². The number of aliphatic hydroxyl groups excluding tert-OH is 1. The molecule has 3 N–H and O–H groups in total. The molecule has 1 saturated heterocycles. The molecule has 2 aromatic heterocycles. The predicted octanol–water partition coefficient (Wildman–Crippen LogP) is 2.68. The van der Waals surface area contributed by atoms with Crippen LogP contribution in [0.5, 0.6) is 0 Å². The van der Waals surface area contributed by atoms with Gasteiger partial charge in [0.1, 0.15) is 18.9 Å². The van der Waals surface area contributed by atoms with Crippen LogP contribution in [0, 0.1) is 18.4 Å². The van der Waals surface area contributed by atoms with E-state index in [-0.39, 0.29) is 41.5 Å². The summed E-state index contributed by atoms with van der Waals surface area (Å²) in [5.41, 5.74) is 4.90. The number of carbonyl (C=O) groups is 2. The first kappa shape index (κ1) is 27.0. The van der Waals surface area contributed by atoms with Gasteiger partial charge in [0.05, 0.1) is 18.5 Å². The van der Waals surface area contributed by atoms with Crippen LogP contribution in [0.1, 0.15) is 61.2 Å². The zero-order valence-electron chi connectivity index (χ0n) is 20.8. The number of rotatable bonds is 10. The van der Waals surface area contributed by atoms with Crippen LogP contribution >= 0.6 is 0 Å². The maximum Gasteiger partial charge on any atom is 0.338 e. The van der Waals surface area contributed by atoms with E-state index in [4.69, 9.17) is 26.4 Å². The molecule has 0 radical (unpaired) electrons. The number of terminal acetylenes is 1. The van der Waals surface area contributed by atoms with E-state index in [9.17, 15) is 19.1 Å². The van der Waals surface area contributed by atoms with E-state index >= 15 is 0 Å². The van der Waals surface area contributed by atoms with Crippen molar-refractivity contribution < 1.29 is 33.3 Å². The molecule has 1 aliphatic rings. The van der Waals surface area contributed by atoms with Crippen LogP contribution in [0.4, 0.5) is 10.2 Å². The average Bonchev–Trinajstić information content (AvgIpc) is 3.49. The number of fused-ring (bicyclic) bond motifs is 1. The van der Waals surface area contributed by atoms with Gasteiger partial charge in [-0.15, -0.1) is 6.42 Å². The largest absolute Gasteiger partial charge is 0.461 e. The normalized spacial score (nSPS) is 20.8. The summed E-state index contributed by atoms with van der Waals surface area (Å²) in [4.78, 5) is 36.6. The summed E-state index contributed by atoms with van der Waals surface area (Å²) in [5.74, 6) is 1.15. The second kappa shape index (κ2) is 11.5. The molecular formula is C26H28FN5O6. The van der Waals surface area contributed by atoms with E-state index in [1.54, 1.807) is 18.2 Å². The summed E-state index contributed by atoms with van der Waals surface area (Å²) in [6.07, 6.45) is 6.93. The van der Waals surface area contributed by atoms with Gasteiger partial charge in [-0.25, -0.2) is 9.78 Å². The van der Waals surface area contributed by atoms with E-state index in [0.717, 1.165) is 19.3 Å². The molecule has 200 valence electrons. The first-order valence-corrected chi connectivity index (χ1v) is 12.2. The minimum atomic E-state index is -1.69. The Labute approximate surface area is 218 Å². The zero-order chi connectivity index (χ0) is 27.3. The fraction of sp³-hybridized carbons (Fsp3) is 0.423. The van der Waals surface area contributed by atoms with Crippen molar-refractivity contribution in [2.45, 2.75) is 63.6 Å². The number of aliphatic hydroxyl groups is 1. The number of hydrogen-bond donors (Lipinski definition) is 2. The fourth-order valence-corrected chi connectivity index (χ4v) is 4.27. The van der Waals surface area contributed by atoms with Crippen LogP contribution in [0.25, 0.3) is 11.2 Å². The van der Waals surface area contributed by atoms with Crippen molar-refractivity contribution in [2.24, 2.45) is 0 Å². The van der Waals surface area contributed by atoms with Crippen LogP contribution in [0.2, 0.25) is 0 Å². The van der Waals surface area contributed by atoms with Crippen molar-refractivity contribution in [3.8, 4) is 12.3 Å². The van der Waals surface area contributed by atoms with E-state index in [0.29, 0.717) is 12.0 Å². The van der Waals surface area contributed by atoms with Gasteiger partial charge in [-0.2, -0.15) is 14.4 Å². The lowest BCUT2D eigenvalue weighted by molar-refractivity contribution is -0.145. The molecule has 1 aromatic carbocycles. The molecular weight excluding hydrogens is 497 g/mol. The first-order valence-electron chi connectivity index (χ1n) is 12.2. The van der Waals surface area contributed by atoms with Crippen LogP contribution in [-0.4, -0.2) is 54.9 Å². The van der Waals surface area contributed by atoms with Crippen molar-refractivity contribution in [3.63, 3.8) is 0 Å². The minimum absolute atomic E-state index is 0.00205. The third-order valence-electron chi connectivity index (χ3n) is 6.35. The lowest BCUT2D eigenvalue weighted by Gasteiger charge is -2.27. The van der Waals surface area contributed by atoms with Gasteiger partial charge < -0.3 is 25.1 Å². The van der Waals surface area contributed by atoms with Gasteiger partial charge in [0.15, 0.2) is 22.6 Å². The second-order valence-electron chi connectivity index (χ2n) is 8.87. The molecule has 1 aliphatic heterocycles. The molecule has 4 rings (SSSR count).